The summed E-state index contributed by atoms with van der Waals surface area (Å²) in [6.45, 7) is 4.11. The first-order valence-electron chi connectivity index (χ1n) is 4.39. The van der Waals surface area contributed by atoms with Crippen LogP contribution in [0.3, 0.4) is 0 Å². The van der Waals surface area contributed by atoms with Gasteiger partial charge in [0.25, 0.3) is 0 Å². The first-order valence-corrected chi connectivity index (χ1v) is 5.53. The van der Waals surface area contributed by atoms with E-state index in [0.717, 1.165) is 0 Å². The fourth-order valence-corrected chi connectivity index (χ4v) is 1.50. The molecule has 1 rings (SSSR count). The van der Waals surface area contributed by atoms with Crippen LogP contribution in [0.4, 0.5) is 0 Å². The Morgan fingerprint density at radius 3 is 2.20 bits per heavy atom. The highest BCUT2D eigenvalue weighted by molar-refractivity contribution is 6.43. The second-order valence-electron chi connectivity index (χ2n) is 3.76. The van der Waals surface area contributed by atoms with Gasteiger partial charge in [0.1, 0.15) is 11.4 Å². The summed E-state index contributed by atoms with van der Waals surface area (Å²) in [5, 5.41) is 1.23. The molecule has 0 spiro atoms. The van der Waals surface area contributed by atoms with Crippen LogP contribution in [0.2, 0.25) is 15.1 Å². The molecule has 0 saturated heterocycles. The molecule has 0 aliphatic heterocycles. The Balaban J connectivity index is 3.01. The lowest BCUT2D eigenvalue weighted by molar-refractivity contribution is 0.119. The van der Waals surface area contributed by atoms with E-state index in [9.17, 15) is 0 Å². The van der Waals surface area contributed by atoms with E-state index in [1.54, 1.807) is 12.1 Å². The van der Waals surface area contributed by atoms with Crippen LogP contribution in [0, 0.1) is 0 Å². The molecule has 5 heteroatoms. The maximum atomic E-state index is 5.96. The highest BCUT2D eigenvalue weighted by Crippen LogP contribution is 2.35. The lowest BCUT2D eigenvalue weighted by Crippen LogP contribution is -2.37. The van der Waals surface area contributed by atoms with Crippen molar-refractivity contribution in [2.24, 2.45) is 5.73 Å². The van der Waals surface area contributed by atoms with Gasteiger partial charge >= 0.3 is 0 Å². The summed E-state index contributed by atoms with van der Waals surface area (Å²) in [6.07, 6.45) is 0. The van der Waals surface area contributed by atoms with Gasteiger partial charge in [-0.1, -0.05) is 34.8 Å². The van der Waals surface area contributed by atoms with Crippen LogP contribution in [0.1, 0.15) is 13.8 Å². The van der Waals surface area contributed by atoms with Crippen molar-refractivity contribution < 1.29 is 4.74 Å². The van der Waals surface area contributed by atoms with Gasteiger partial charge in [-0.15, -0.1) is 0 Å². The van der Waals surface area contributed by atoms with Crippen LogP contribution in [0.5, 0.6) is 5.75 Å². The molecule has 0 saturated carbocycles. The highest BCUT2D eigenvalue weighted by Gasteiger charge is 2.19. The topological polar surface area (TPSA) is 35.2 Å². The number of nitrogens with two attached hydrogens (primary N) is 1. The summed E-state index contributed by atoms with van der Waals surface area (Å²) >= 11 is 17.6. The fraction of sp³-hybridized carbons (Fsp3) is 0.400. The summed E-state index contributed by atoms with van der Waals surface area (Å²) in [6, 6.07) is 3.14. The van der Waals surface area contributed by atoms with E-state index < -0.39 is 5.60 Å². The molecule has 2 nitrogen and oxygen atoms in total. The van der Waals surface area contributed by atoms with E-state index in [-0.39, 0.29) is 0 Å². The van der Waals surface area contributed by atoms with Crippen molar-refractivity contribution in [1.29, 1.82) is 0 Å². The molecule has 0 heterocycles. The Bertz CT molecular complexity index is 366. The van der Waals surface area contributed by atoms with Gasteiger partial charge in [-0.3, -0.25) is 0 Å². The van der Waals surface area contributed by atoms with Crippen molar-refractivity contribution >= 4 is 34.8 Å². The SMILES string of the molecule is CC(C)(CN)Oc1cc(Cl)c(Cl)cc1Cl. The van der Waals surface area contributed by atoms with Gasteiger partial charge in [-0.05, 0) is 19.9 Å². The molecule has 0 aromatic heterocycles. The first kappa shape index (κ1) is 12.9. The summed E-state index contributed by atoms with van der Waals surface area (Å²) in [4.78, 5) is 0. The van der Waals surface area contributed by atoms with Crippen molar-refractivity contribution in [3.63, 3.8) is 0 Å². The van der Waals surface area contributed by atoms with Crippen LogP contribution < -0.4 is 10.5 Å². The lowest BCUT2D eigenvalue weighted by atomic mass is 10.1. The standard InChI is InChI=1S/C10H12Cl3NO/c1-10(2,5-14)15-9-4-7(12)6(11)3-8(9)13/h3-4H,5,14H2,1-2H3. The molecule has 84 valence electrons. The minimum Gasteiger partial charge on any atom is -0.485 e. The van der Waals surface area contributed by atoms with Crippen LogP contribution in [0.15, 0.2) is 12.1 Å². The third-order valence-electron chi connectivity index (χ3n) is 1.85. The molecule has 1 aromatic carbocycles. The fourth-order valence-electron chi connectivity index (χ4n) is 0.922. The predicted octanol–water partition coefficient (Wildman–Crippen LogP) is 3.76. The van der Waals surface area contributed by atoms with E-state index in [2.05, 4.69) is 0 Å². The maximum absolute atomic E-state index is 5.96. The summed E-state index contributed by atoms with van der Waals surface area (Å²) in [5.74, 6) is 0.488. The van der Waals surface area contributed by atoms with Crippen molar-refractivity contribution in [2.45, 2.75) is 19.4 Å². The van der Waals surface area contributed by atoms with Gasteiger partial charge < -0.3 is 10.5 Å². The molecule has 0 fully saturated rings. The molecule has 1 aromatic rings. The predicted molar refractivity (Wildman–Crippen MR) is 65.2 cm³/mol. The van der Waals surface area contributed by atoms with Gasteiger partial charge in [-0.2, -0.15) is 0 Å². The quantitative estimate of drug-likeness (QED) is 0.847. The number of benzene rings is 1. The molecule has 0 amide bonds. The van der Waals surface area contributed by atoms with E-state index in [4.69, 9.17) is 45.3 Å². The number of hydrogen-bond donors (Lipinski definition) is 1. The summed E-state index contributed by atoms with van der Waals surface area (Å²) < 4.78 is 5.62. The zero-order valence-electron chi connectivity index (χ0n) is 8.48. The first-order chi connectivity index (χ1) is 6.85. The van der Waals surface area contributed by atoms with Crippen molar-refractivity contribution in [1.82, 2.24) is 0 Å². The molecular weight excluding hydrogens is 256 g/mol. The van der Waals surface area contributed by atoms with Gasteiger partial charge in [0.15, 0.2) is 0 Å². The number of ether oxygens (including phenoxy) is 1. The smallest absolute Gasteiger partial charge is 0.140 e. The average molecular weight is 269 g/mol. The number of hydrogen-bond acceptors (Lipinski definition) is 2. The summed E-state index contributed by atoms with van der Waals surface area (Å²) in [5.41, 5.74) is 5.06. The maximum Gasteiger partial charge on any atom is 0.140 e. The minimum atomic E-state index is -0.485. The zero-order chi connectivity index (χ0) is 11.6. The molecule has 0 radical (unpaired) electrons. The molecule has 2 N–H and O–H groups in total. The minimum absolute atomic E-state index is 0.379. The van der Waals surface area contributed by atoms with Crippen LogP contribution in [-0.4, -0.2) is 12.1 Å². The number of halogens is 3. The van der Waals surface area contributed by atoms with Gasteiger partial charge in [0.2, 0.25) is 0 Å². The van der Waals surface area contributed by atoms with E-state index in [1.165, 1.54) is 0 Å². The van der Waals surface area contributed by atoms with Crippen molar-refractivity contribution in [2.75, 3.05) is 6.54 Å². The van der Waals surface area contributed by atoms with Gasteiger partial charge in [-0.25, -0.2) is 0 Å². The van der Waals surface area contributed by atoms with Crippen molar-refractivity contribution in [3.05, 3.63) is 27.2 Å². The Morgan fingerprint density at radius 1 is 1.13 bits per heavy atom. The molecule has 0 unspecified atom stereocenters. The molecule has 15 heavy (non-hydrogen) atoms. The third kappa shape index (κ3) is 3.42. The molecular formula is C10H12Cl3NO. The number of rotatable bonds is 3. The van der Waals surface area contributed by atoms with Crippen LogP contribution in [0.25, 0.3) is 0 Å². The Morgan fingerprint density at radius 2 is 1.67 bits per heavy atom. The Kier molecular flexibility index (Phi) is 4.13. The summed E-state index contributed by atoms with van der Waals surface area (Å²) in [7, 11) is 0. The third-order valence-corrected chi connectivity index (χ3v) is 2.87. The molecule has 0 atom stereocenters. The van der Waals surface area contributed by atoms with Crippen molar-refractivity contribution in [3.8, 4) is 5.75 Å². The zero-order valence-corrected chi connectivity index (χ0v) is 10.7. The largest absolute Gasteiger partial charge is 0.485 e. The Labute approximate surface area is 104 Å². The molecule has 0 aliphatic carbocycles. The lowest BCUT2D eigenvalue weighted by Gasteiger charge is -2.25. The second-order valence-corrected chi connectivity index (χ2v) is 4.98. The second kappa shape index (κ2) is 4.79. The van der Waals surface area contributed by atoms with Gasteiger partial charge in [0.05, 0.1) is 15.1 Å². The normalized spacial score (nSPS) is 11.6. The van der Waals surface area contributed by atoms with Gasteiger partial charge in [0, 0.05) is 12.6 Å². The average Bonchev–Trinajstić information content (AvgIpc) is 2.14. The molecule has 0 aliphatic rings. The highest BCUT2D eigenvalue weighted by atomic mass is 35.5. The van der Waals surface area contributed by atoms with E-state index in [0.29, 0.717) is 27.4 Å². The van der Waals surface area contributed by atoms with Crippen LogP contribution in [-0.2, 0) is 0 Å². The molecule has 0 bridgehead atoms. The van der Waals surface area contributed by atoms with E-state index in [1.807, 2.05) is 13.8 Å². The monoisotopic (exact) mass is 267 g/mol. The van der Waals surface area contributed by atoms with Crippen LogP contribution >= 0.6 is 34.8 Å². The Hall–Kier alpha value is -0.150. The van der Waals surface area contributed by atoms with E-state index >= 15 is 0 Å².